The first-order valence-corrected chi connectivity index (χ1v) is 5.27. The summed E-state index contributed by atoms with van der Waals surface area (Å²) in [6, 6.07) is 0. The van der Waals surface area contributed by atoms with Crippen LogP contribution in [-0.2, 0) is 29.2 Å². The van der Waals surface area contributed by atoms with Crippen LogP contribution in [0.2, 0.25) is 0 Å². The second kappa shape index (κ2) is 3.10. The van der Waals surface area contributed by atoms with Gasteiger partial charge in [-0.3, -0.25) is 4.79 Å². The van der Waals surface area contributed by atoms with Crippen molar-refractivity contribution < 1.29 is 14.6 Å². The smallest absolute Gasteiger partial charge is 0.307 e. The highest BCUT2D eigenvalue weighted by atomic mass is 16.5. The van der Waals surface area contributed by atoms with Gasteiger partial charge in [0.2, 0.25) is 0 Å². The van der Waals surface area contributed by atoms with E-state index in [1.54, 1.807) is 0 Å². The predicted molar refractivity (Wildman–Crippen MR) is 52.6 cm³/mol. The molecule has 0 bridgehead atoms. The fourth-order valence-corrected chi connectivity index (χ4v) is 2.28. The number of H-pyrrole nitrogens is 1. The van der Waals surface area contributed by atoms with Gasteiger partial charge in [0.05, 0.1) is 19.6 Å². The maximum absolute atomic E-state index is 10.8. The molecule has 1 aliphatic carbocycles. The van der Waals surface area contributed by atoms with Gasteiger partial charge in [0.25, 0.3) is 0 Å². The fourth-order valence-electron chi connectivity index (χ4n) is 2.28. The Balaban J connectivity index is 2.02. The lowest BCUT2D eigenvalue weighted by Gasteiger charge is -2.02. The molecule has 2 N–H and O–H groups in total. The highest BCUT2D eigenvalue weighted by Gasteiger charge is 2.32. The minimum atomic E-state index is -0.759. The van der Waals surface area contributed by atoms with E-state index >= 15 is 0 Å². The van der Waals surface area contributed by atoms with E-state index in [1.165, 1.54) is 12.8 Å². The van der Waals surface area contributed by atoms with Crippen LogP contribution in [0.4, 0.5) is 0 Å². The van der Waals surface area contributed by atoms with E-state index in [-0.39, 0.29) is 6.42 Å². The van der Waals surface area contributed by atoms with E-state index in [0.717, 1.165) is 22.5 Å². The van der Waals surface area contributed by atoms with Crippen LogP contribution in [-0.4, -0.2) is 16.1 Å². The molecule has 4 heteroatoms. The number of aromatic amines is 1. The van der Waals surface area contributed by atoms with Crippen LogP contribution in [0, 0.1) is 0 Å². The first-order chi connectivity index (χ1) is 7.25. The number of rotatable bonds is 3. The van der Waals surface area contributed by atoms with E-state index in [2.05, 4.69) is 4.98 Å². The van der Waals surface area contributed by atoms with Crippen molar-refractivity contribution in [2.45, 2.75) is 38.4 Å². The van der Waals surface area contributed by atoms with Crippen LogP contribution in [0.15, 0.2) is 0 Å². The normalized spacial score (nSPS) is 19.2. The summed E-state index contributed by atoms with van der Waals surface area (Å²) in [4.78, 5) is 14.1. The Kier molecular flexibility index (Phi) is 1.85. The molecule has 1 aromatic heterocycles. The summed E-state index contributed by atoms with van der Waals surface area (Å²) in [5.41, 5.74) is 4.33. The van der Waals surface area contributed by atoms with Crippen molar-refractivity contribution >= 4 is 5.97 Å². The van der Waals surface area contributed by atoms with Gasteiger partial charge in [-0.25, -0.2) is 0 Å². The zero-order chi connectivity index (χ0) is 10.4. The second-order valence-electron chi connectivity index (χ2n) is 4.31. The molecular weight excluding hydrogens is 194 g/mol. The Morgan fingerprint density at radius 1 is 1.47 bits per heavy atom. The first-order valence-electron chi connectivity index (χ1n) is 5.27. The van der Waals surface area contributed by atoms with E-state index in [0.29, 0.717) is 19.1 Å². The Hall–Kier alpha value is -1.29. The molecule has 1 fully saturated rings. The summed E-state index contributed by atoms with van der Waals surface area (Å²) in [6.07, 6.45) is 2.50. The van der Waals surface area contributed by atoms with Crippen LogP contribution in [0.1, 0.15) is 41.3 Å². The number of hydrogen-bond donors (Lipinski definition) is 2. The minimum absolute atomic E-state index is 0.126. The van der Waals surface area contributed by atoms with Crippen molar-refractivity contribution in [1.29, 1.82) is 0 Å². The number of fused-ring (bicyclic) bond motifs is 1. The Morgan fingerprint density at radius 3 is 2.93 bits per heavy atom. The van der Waals surface area contributed by atoms with Crippen molar-refractivity contribution in [2.24, 2.45) is 0 Å². The lowest BCUT2D eigenvalue weighted by molar-refractivity contribution is -0.136. The monoisotopic (exact) mass is 207 g/mol. The van der Waals surface area contributed by atoms with Gasteiger partial charge in [-0.2, -0.15) is 0 Å². The average molecular weight is 207 g/mol. The molecule has 0 unspecified atom stereocenters. The van der Waals surface area contributed by atoms with Crippen LogP contribution in [0.3, 0.4) is 0 Å². The molecule has 3 rings (SSSR count). The molecular formula is C11H13NO3. The molecule has 0 radical (unpaired) electrons. The molecule has 1 aromatic rings. The molecule has 0 spiro atoms. The third-order valence-corrected chi connectivity index (χ3v) is 3.15. The van der Waals surface area contributed by atoms with Crippen LogP contribution in [0.5, 0.6) is 0 Å². The van der Waals surface area contributed by atoms with Gasteiger partial charge >= 0.3 is 5.97 Å². The molecule has 1 saturated carbocycles. The lowest BCUT2D eigenvalue weighted by atomic mass is 10.0. The van der Waals surface area contributed by atoms with E-state index in [4.69, 9.17) is 9.84 Å². The van der Waals surface area contributed by atoms with Gasteiger partial charge in [-0.05, 0) is 24.3 Å². The van der Waals surface area contributed by atoms with Crippen LogP contribution >= 0.6 is 0 Å². The number of hydrogen-bond acceptors (Lipinski definition) is 2. The quantitative estimate of drug-likeness (QED) is 0.790. The molecule has 0 atom stereocenters. The Bertz CT molecular complexity index is 418. The van der Waals surface area contributed by atoms with Gasteiger partial charge in [0.15, 0.2) is 0 Å². The third kappa shape index (κ3) is 1.45. The van der Waals surface area contributed by atoms with Gasteiger partial charge in [0.1, 0.15) is 0 Å². The summed E-state index contributed by atoms with van der Waals surface area (Å²) in [5, 5.41) is 8.89. The standard InChI is InChI=1S/C11H13NO3/c13-10(14)3-7-8-4-15-5-9(8)12-11(7)6-1-2-6/h6,12H,1-5H2,(H,13,14). The molecule has 80 valence electrons. The van der Waals surface area contributed by atoms with Gasteiger partial charge in [0, 0.05) is 17.0 Å². The zero-order valence-corrected chi connectivity index (χ0v) is 8.38. The summed E-state index contributed by atoms with van der Waals surface area (Å²) in [5.74, 6) is -0.185. The molecule has 0 aromatic carbocycles. The average Bonchev–Trinajstić information content (AvgIpc) is 2.82. The summed E-state index contributed by atoms with van der Waals surface area (Å²) >= 11 is 0. The molecule has 0 amide bonds. The third-order valence-electron chi connectivity index (χ3n) is 3.15. The number of aliphatic carboxylic acids is 1. The van der Waals surface area contributed by atoms with Crippen molar-refractivity contribution in [3.8, 4) is 0 Å². The summed E-state index contributed by atoms with van der Waals surface area (Å²) in [7, 11) is 0. The number of ether oxygens (including phenoxy) is 1. The molecule has 15 heavy (non-hydrogen) atoms. The maximum atomic E-state index is 10.8. The fraction of sp³-hybridized carbons (Fsp3) is 0.545. The first kappa shape index (κ1) is 8.97. The number of carbonyl (C=O) groups is 1. The largest absolute Gasteiger partial charge is 0.481 e. The van der Waals surface area contributed by atoms with Crippen LogP contribution in [0.25, 0.3) is 0 Å². The molecule has 2 aliphatic rings. The van der Waals surface area contributed by atoms with Gasteiger partial charge < -0.3 is 14.8 Å². The van der Waals surface area contributed by atoms with E-state index in [1.807, 2.05) is 0 Å². The lowest BCUT2D eigenvalue weighted by Crippen LogP contribution is -2.04. The summed E-state index contributed by atoms with van der Waals surface area (Å²) < 4.78 is 5.31. The Labute approximate surface area is 87.3 Å². The molecule has 4 nitrogen and oxygen atoms in total. The minimum Gasteiger partial charge on any atom is -0.481 e. The SMILES string of the molecule is O=C(O)Cc1c(C2CC2)[nH]c2c1COC2. The zero-order valence-electron chi connectivity index (χ0n) is 8.38. The topological polar surface area (TPSA) is 62.3 Å². The molecule has 2 heterocycles. The number of carboxylic acids is 1. The molecule has 1 aliphatic heterocycles. The van der Waals surface area contributed by atoms with Crippen molar-refractivity contribution in [1.82, 2.24) is 4.98 Å². The van der Waals surface area contributed by atoms with Gasteiger partial charge in [-0.15, -0.1) is 0 Å². The number of aromatic nitrogens is 1. The maximum Gasteiger partial charge on any atom is 0.307 e. The van der Waals surface area contributed by atoms with Crippen molar-refractivity contribution in [2.75, 3.05) is 0 Å². The van der Waals surface area contributed by atoms with E-state index < -0.39 is 5.97 Å². The van der Waals surface area contributed by atoms with Gasteiger partial charge in [-0.1, -0.05) is 0 Å². The van der Waals surface area contributed by atoms with Crippen molar-refractivity contribution in [3.63, 3.8) is 0 Å². The second-order valence-corrected chi connectivity index (χ2v) is 4.31. The van der Waals surface area contributed by atoms with Crippen LogP contribution < -0.4 is 0 Å². The number of nitrogens with one attached hydrogen (secondary N) is 1. The summed E-state index contributed by atoms with van der Waals surface area (Å²) in [6.45, 7) is 1.18. The van der Waals surface area contributed by atoms with Crippen molar-refractivity contribution in [3.05, 3.63) is 22.5 Å². The predicted octanol–water partition coefficient (Wildman–Crippen LogP) is 1.55. The molecule has 0 saturated heterocycles. The van der Waals surface area contributed by atoms with E-state index in [9.17, 15) is 4.79 Å². The number of carboxylic acid groups (broad SMARTS) is 1. The Morgan fingerprint density at radius 2 is 2.27 bits per heavy atom. The highest BCUT2D eigenvalue weighted by Crippen LogP contribution is 2.43. The highest BCUT2D eigenvalue weighted by molar-refractivity contribution is 5.72.